The highest BCUT2D eigenvalue weighted by Crippen LogP contribution is 2.30. The molecule has 1 amide bonds. The number of hydrogen-bond acceptors (Lipinski definition) is 6. The van der Waals surface area contributed by atoms with Crippen molar-refractivity contribution in [1.29, 1.82) is 0 Å². The Balaban J connectivity index is 1.48. The van der Waals surface area contributed by atoms with E-state index in [1.54, 1.807) is 11.1 Å². The van der Waals surface area contributed by atoms with Crippen LogP contribution < -0.4 is 4.74 Å². The quantitative estimate of drug-likeness (QED) is 0.661. The van der Waals surface area contributed by atoms with E-state index < -0.39 is 5.60 Å². The lowest BCUT2D eigenvalue weighted by atomic mass is 10.1. The van der Waals surface area contributed by atoms with E-state index in [9.17, 15) is 4.79 Å². The van der Waals surface area contributed by atoms with E-state index in [0.717, 1.165) is 23.9 Å². The maximum Gasteiger partial charge on any atom is 0.410 e. The number of piperidine rings is 1. The third-order valence-electron chi connectivity index (χ3n) is 4.77. The van der Waals surface area contributed by atoms with Gasteiger partial charge in [0.05, 0.1) is 12.2 Å². The summed E-state index contributed by atoms with van der Waals surface area (Å²) in [6.45, 7) is 6.88. The van der Waals surface area contributed by atoms with Crippen LogP contribution in [0.2, 0.25) is 0 Å². The summed E-state index contributed by atoms with van der Waals surface area (Å²) in [6, 6.07) is 9.68. The number of fused-ring (bicyclic) bond motifs is 1. The van der Waals surface area contributed by atoms with Crippen LogP contribution in [0, 0.1) is 0 Å². The minimum absolute atomic E-state index is 0.158. The van der Waals surface area contributed by atoms with Gasteiger partial charge in [-0.3, -0.25) is 0 Å². The minimum Gasteiger partial charge on any atom is -0.444 e. The fourth-order valence-electron chi connectivity index (χ4n) is 3.41. The number of carbonyl (C=O) groups excluding carboxylic acids is 1. The van der Waals surface area contributed by atoms with Crippen molar-refractivity contribution in [2.24, 2.45) is 0 Å². The third kappa shape index (κ3) is 4.31. The lowest BCUT2D eigenvalue weighted by molar-refractivity contribution is 0.0186. The van der Waals surface area contributed by atoms with Gasteiger partial charge in [-0.25, -0.2) is 19.4 Å². The molecule has 0 spiro atoms. The van der Waals surface area contributed by atoms with E-state index in [1.807, 2.05) is 55.8 Å². The number of para-hydroxylation sites is 1. The summed E-state index contributed by atoms with van der Waals surface area (Å²) in [5.74, 6) is 1.20. The van der Waals surface area contributed by atoms with Gasteiger partial charge >= 0.3 is 6.09 Å². The van der Waals surface area contributed by atoms with Crippen LogP contribution in [0.15, 0.2) is 42.9 Å². The number of carbonyl (C=O) groups is 1. The van der Waals surface area contributed by atoms with Gasteiger partial charge < -0.3 is 14.4 Å². The van der Waals surface area contributed by atoms with E-state index in [0.29, 0.717) is 24.7 Å². The molecule has 1 saturated heterocycles. The molecule has 3 heterocycles. The Morgan fingerprint density at radius 3 is 2.52 bits per heavy atom. The fourth-order valence-corrected chi connectivity index (χ4v) is 3.41. The van der Waals surface area contributed by atoms with Crippen molar-refractivity contribution in [2.45, 2.75) is 45.3 Å². The number of aromatic nitrogens is 4. The summed E-state index contributed by atoms with van der Waals surface area (Å²) in [4.78, 5) is 22.7. The van der Waals surface area contributed by atoms with Gasteiger partial charge in [-0.05, 0) is 45.7 Å². The van der Waals surface area contributed by atoms with Crippen LogP contribution in [0.5, 0.6) is 11.6 Å². The van der Waals surface area contributed by atoms with Crippen LogP contribution in [-0.4, -0.2) is 49.4 Å². The summed E-state index contributed by atoms with van der Waals surface area (Å²) in [5.41, 5.74) is 0.250. The molecule has 0 unspecified atom stereocenters. The average Bonchev–Trinajstić information content (AvgIpc) is 3.13. The van der Waals surface area contributed by atoms with Crippen LogP contribution in [0.1, 0.15) is 39.7 Å². The standard InChI is InChI=1S/C21H25N5O3/c1-21(2,3)29-20(27)25-11-9-15(10-12-25)26-18-17(13-24-26)19(23-14-22-18)28-16-7-5-4-6-8-16/h4-8,13-15H,9-12H2,1-3H3. The van der Waals surface area contributed by atoms with Crippen molar-refractivity contribution in [3.05, 3.63) is 42.9 Å². The zero-order valence-corrected chi connectivity index (χ0v) is 16.9. The molecule has 0 bridgehead atoms. The van der Waals surface area contributed by atoms with Gasteiger partial charge in [0.2, 0.25) is 5.88 Å². The Kier molecular flexibility index (Phi) is 5.08. The van der Waals surface area contributed by atoms with Gasteiger partial charge in [0, 0.05) is 13.1 Å². The molecule has 8 nitrogen and oxygen atoms in total. The molecule has 1 fully saturated rings. The first-order chi connectivity index (χ1) is 13.9. The predicted molar refractivity (Wildman–Crippen MR) is 108 cm³/mol. The highest BCUT2D eigenvalue weighted by atomic mass is 16.6. The summed E-state index contributed by atoms with van der Waals surface area (Å²) in [6.07, 6.45) is 4.55. The molecule has 0 saturated carbocycles. The van der Waals surface area contributed by atoms with E-state index in [4.69, 9.17) is 9.47 Å². The number of amides is 1. The van der Waals surface area contributed by atoms with Gasteiger partial charge in [-0.2, -0.15) is 5.10 Å². The Hall–Kier alpha value is -3.16. The Morgan fingerprint density at radius 1 is 1.10 bits per heavy atom. The Bertz CT molecular complexity index is 988. The molecule has 4 rings (SSSR count). The molecule has 0 N–H and O–H groups in total. The van der Waals surface area contributed by atoms with E-state index in [1.165, 1.54) is 6.33 Å². The van der Waals surface area contributed by atoms with Gasteiger partial charge in [-0.1, -0.05) is 18.2 Å². The molecule has 3 aromatic rings. The molecule has 1 aromatic carbocycles. The molecule has 0 aliphatic carbocycles. The van der Waals surface area contributed by atoms with Crippen LogP contribution in [0.4, 0.5) is 4.79 Å². The molecule has 1 aliphatic heterocycles. The molecule has 0 radical (unpaired) electrons. The largest absolute Gasteiger partial charge is 0.444 e. The first kappa shape index (κ1) is 19.2. The first-order valence-corrected chi connectivity index (χ1v) is 9.80. The van der Waals surface area contributed by atoms with Gasteiger partial charge in [0.1, 0.15) is 23.1 Å². The highest BCUT2D eigenvalue weighted by molar-refractivity contribution is 5.80. The van der Waals surface area contributed by atoms with Crippen LogP contribution in [-0.2, 0) is 4.74 Å². The zero-order chi connectivity index (χ0) is 20.4. The number of hydrogen-bond donors (Lipinski definition) is 0. The monoisotopic (exact) mass is 395 g/mol. The number of nitrogens with zero attached hydrogens (tertiary/aromatic N) is 5. The molecular formula is C21H25N5O3. The summed E-state index contributed by atoms with van der Waals surface area (Å²) < 4.78 is 13.3. The second kappa shape index (κ2) is 7.69. The number of rotatable bonds is 3. The van der Waals surface area contributed by atoms with Crippen molar-refractivity contribution in [2.75, 3.05) is 13.1 Å². The smallest absolute Gasteiger partial charge is 0.410 e. The maximum atomic E-state index is 12.3. The molecule has 152 valence electrons. The lowest BCUT2D eigenvalue weighted by Gasteiger charge is -2.33. The summed E-state index contributed by atoms with van der Waals surface area (Å²) >= 11 is 0. The second-order valence-corrected chi connectivity index (χ2v) is 8.12. The SMILES string of the molecule is CC(C)(C)OC(=O)N1CCC(n2ncc3c(Oc4ccccc4)ncnc32)CC1. The predicted octanol–water partition coefficient (Wildman–Crippen LogP) is 4.19. The van der Waals surface area contributed by atoms with Gasteiger partial charge in [-0.15, -0.1) is 0 Å². The topological polar surface area (TPSA) is 82.4 Å². The maximum absolute atomic E-state index is 12.3. The average molecular weight is 395 g/mol. The normalized spacial score (nSPS) is 15.5. The third-order valence-corrected chi connectivity index (χ3v) is 4.77. The highest BCUT2D eigenvalue weighted by Gasteiger charge is 2.29. The van der Waals surface area contributed by atoms with E-state index in [2.05, 4.69) is 15.1 Å². The molecule has 29 heavy (non-hydrogen) atoms. The molecule has 1 aliphatic rings. The zero-order valence-electron chi connectivity index (χ0n) is 16.9. The Morgan fingerprint density at radius 2 is 1.83 bits per heavy atom. The molecule has 2 aromatic heterocycles. The van der Waals surface area contributed by atoms with E-state index in [-0.39, 0.29) is 12.1 Å². The van der Waals surface area contributed by atoms with Crippen molar-refractivity contribution in [3.8, 4) is 11.6 Å². The second-order valence-electron chi connectivity index (χ2n) is 8.12. The van der Waals surface area contributed by atoms with Crippen molar-refractivity contribution < 1.29 is 14.3 Å². The van der Waals surface area contributed by atoms with Crippen LogP contribution in [0.3, 0.4) is 0 Å². The first-order valence-electron chi connectivity index (χ1n) is 9.80. The molecular weight excluding hydrogens is 370 g/mol. The summed E-state index contributed by atoms with van der Waals surface area (Å²) in [7, 11) is 0. The lowest BCUT2D eigenvalue weighted by Crippen LogP contribution is -2.42. The van der Waals surface area contributed by atoms with Gasteiger partial charge in [0.25, 0.3) is 0 Å². The van der Waals surface area contributed by atoms with Gasteiger partial charge in [0.15, 0.2) is 5.65 Å². The van der Waals surface area contributed by atoms with Crippen molar-refractivity contribution >= 4 is 17.1 Å². The molecule has 8 heteroatoms. The van der Waals surface area contributed by atoms with Crippen LogP contribution in [0.25, 0.3) is 11.0 Å². The summed E-state index contributed by atoms with van der Waals surface area (Å²) in [5, 5.41) is 5.32. The van der Waals surface area contributed by atoms with E-state index >= 15 is 0 Å². The van der Waals surface area contributed by atoms with Crippen LogP contribution >= 0.6 is 0 Å². The number of likely N-dealkylation sites (tertiary alicyclic amines) is 1. The molecule has 0 atom stereocenters. The number of ether oxygens (including phenoxy) is 2. The van der Waals surface area contributed by atoms with Crippen molar-refractivity contribution in [1.82, 2.24) is 24.6 Å². The van der Waals surface area contributed by atoms with Crippen molar-refractivity contribution in [3.63, 3.8) is 0 Å². The number of benzene rings is 1. The minimum atomic E-state index is -0.488. The Labute approximate surface area is 169 Å². The fraction of sp³-hybridized carbons (Fsp3) is 0.429.